The monoisotopic (exact) mass is 316 g/mol. The topological polar surface area (TPSA) is 55.8 Å². The highest BCUT2D eigenvalue weighted by atomic mass is 79.9. The van der Waals surface area contributed by atoms with Crippen molar-refractivity contribution in [3.05, 3.63) is 27.7 Å². The Bertz CT molecular complexity index is 443. The van der Waals surface area contributed by atoms with Gasteiger partial charge in [0, 0.05) is 5.56 Å². The van der Waals surface area contributed by atoms with E-state index in [-0.39, 0.29) is 5.92 Å². The second-order valence-corrected chi connectivity index (χ2v) is 5.06. The molecule has 0 saturated carbocycles. The van der Waals surface area contributed by atoms with Crippen LogP contribution in [0.2, 0.25) is 0 Å². The average molecular weight is 317 g/mol. The molecular formula is C13H17BrO4. The SMILES string of the molecule is COC(=O)C(O)c1cc(C(C)C)cc(Br)c1OC. The lowest BCUT2D eigenvalue weighted by Gasteiger charge is -2.17. The van der Waals surface area contributed by atoms with Crippen LogP contribution in [-0.2, 0) is 9.53 Å². The Hall–Kier alpha value is -1.07. The van der Waals surface area contributed by atoms with Crippen molar-refractivity contribution in [1.29, 1.82) is 0 Å². The zero-order valence-corrected chi connectivity index (χ0v) is 12.4. The summed E-state index contributed by atoms with van der Waals surface area (Å²) in [5.41, 5.74) is 1.41. The van der Waals surface area contributed by atoms with Crippen molar-refractivity contribution >= 4 is 21.9 Å². The average Bonchev–Trinajstić information content (AvgIpc) is 2.35. The first-order chi connectivity index (χ1) is 8.42. The highest BCUT2D eigenvalue weighted by Gasteiger charge is 2.24. The Morgan fingerprint density at radius 2 is 1.94 bits per heavy atom. The second-order valence-electron chi connectivity index (χ2n) is 4.21. The van der Waals surface area contributed by atoms with E-state index in [0.717, 1.165) is 5.56 Å². The number of benzene rings is 1. The van der Waals surface area contributed by atoms with E-state index >= 15 is 0 Å². The van der Waals surface area contributed by atoms with Crippen LogP contribution in [0.5, 0.6) is 5.75 Å². The lowest BCUT2D eigenvalue weighted by atomic mass is 9.98. The molecule has 1 N–H and O–H groups in total. The molecule has 0 bridgehead atoms. The van der Waals surface area contributed by atoms with Gasteiger partial charge in [-0.15, -0.1) is 0 Å². The Morgan fingerprint density at radius 1 is 1.33 bits per heavy atom. The van der Waals surface area contributed by atoms with Crippen molar-refractivity contribution in [2.45, 2.75) is 25.9 Å². The van der Waals surface area contributed by atoms with Crippen molar-refractivity contribution in [1.82, 2.24) is 0 Å². The minimum atomic E-state index is -1.35. The summed E-state index contributed by atoms with van der Waals surface area (Å²) < 4.78 is 10.5. The highest BCUT2D eigenvalue weighted by molar-refractivity contribution is 9.10. The van der Waals surface area contributed by atoms with Gasteiger partial charge < -0.3 is 14.6 Å². The second kappa shape index (κ2) is 6.20. The van der Waals surface area contributed by atoms with E-state index in [1.54, 1.807) is 6.07 Å². The number of halogens is 1. The van der Waals surface area contributed by atoms with E-state index in [4.69, 9.17) is 4.74 Å². The summed E-state index contributed by atoms with van der Waals surface area (Å²) in [6.07, 6.45) is -1.35. The van der Waals surface area contributed by atoms with E-state index in [1.807, 2.05) is 19.9 Å². The molecule has 0 amide bonds. The van der Waals surface area contributed by atoms with Gasteiger partial charge in [0.05, 0.1) is 18.7 Å². The molecule has 4 nitrogen and oxygen atoms in total. The molecule has 0 aliphatic rings. The molecule has 0 aliphatic heterocycles. The molecule has 0 aromatic heterocycles. The number of hydrogen-bond donors (Lipinski definition) is 1. The lowest BCUT2D eigenvalue weighted by molar-refractivity contribution is -0.150. The molecule has 5 heteroatoms. The number of rotatable bonds is 4. The molecule has 0 saturated heterocycles. The molecule has 0 spiro atoms. The van der Waals surface area contributed by atoms with Gasteiger partial charge in [-0.25, -0.2) is 4.79 Å². The summed E-state index contributed by atoms with van der Waals surface area (Å²) >= 11 is 3.38. The number of aliphatic hydroxyl groups excluding tert-OH is 1. The van der Waals surface area contributed by atoms with Crippen molar-refractivity contribution in [2.75, 3.05) is 14.2 Å². The third kappa shape index (κ3) is 3.03. The number of esters is 1. The molecule has 1 aromatic carbocycles. The molecule has 1 atom stereocenters. The maximum Gasteiger partial charge on any atom is 0.339 e. The number of ether oxygens (including phenoxy) is 2. The lowest BCUT2D eigenvalue weighted by Crippen LogP contribution is -2.15. The van der Waals surface area contributed by atoms with E-state index in [9.17, 15) is 9.90 Å². The first-order valence-electron chi connectivity index (χ1n) is 5.55. The van der Waals surface area contributed by atoms with Gasteiger partial charge in [-0.2, -0.15) is 0 Å². The van der Waals surface area contributed by atoms with E-state index in [2.05, 4.69) is 20.7 Å². The van der Waals surface area contributed by atoms with Crippen LogP contribution in [0.1, 0.15) is 37.0 Å². The minimum absolute atomic E-state index is 0.274. The quantitative estimate of drug-likeness (QED) is 0.868. The molecule has 0 fully saturated rings. The first-order valence-corrected chi connectivity index (χ1v) is 6.34. The van der Waals surface area contributed by atoms with E-state index < -0.39 is 12.1 Å². The van der Waals surface area contributed by atoms with Gasteiger partial charge in [0.1, 0.15) is 5.75 Å². The van der Waals surface area contributed by atoms with Crippen LogP contribution in [-0.4, -0.2) is 25.3 Å². The van der Waals surface area contributed by atoms with Crippen LogP contribution in [0.15, 0.2) is 16.6 Å². The molecule has 100 valence electrons. The summed E-state index contributed by atoms with van der Waals surface area (Å²) in [6, 6.07) is 3.67. The summed E-state index contributed by atoms with van der Waals surface area (Å²) in [7, 11) is 2.72. The van der Waals surface area contributed by atoms with Gasteiger partial charge in [0.15, 0.2) is 6.10 Å². The van der Waals surface area contributed by atoms with Crippen LogP contribution in [0.25, 0.3) is 0 Å². The summed E-state index contributed by atoms with van der Waals surface area (Å²) in [5.74, 6) is 0.00853. The van der Waals surface area contributed by atoms with Crippen molar-refractivity contribution in [2.24, 2.45) is 0 Å². The van der Waals surface area contributed by atoms with E-state index in [1.165, 1.54) is 14.2 Å². The molecule has 1 aromatic rings. The number of carbonyl (C=O) groups excluding carboxylic acids is 1. The standard InChI is InChI=1S/C13H17BrO4/c1-7(2)8-5-9(11(15)13(16)18-4)12(17-3)10(14)6-8/h5-7,11,15H,1-4H3. The zero-order valence-electron chi connectivity index (χ0n) is 10.9. The number of hydrogen-bond acceptors (Lipinski definition) is 4. The normalized spacial score (nSPS) is 12.4. The van der Waals surface area contributed by atoms with Crippen LogP contribution in [0, 0.1) is 0 Å². The predicted octanol–water partition coefficient (Wildman–Crippen LogP) is 2.79. The van der Waals surface area contributed by atoms with Gasteiger partial charge in [-0.3, -0.25) is 0 Å². The third-order valence-electron chi connectivity index (χ3n) is 2.68. The van der Waals surface area contributed by atoms with Crippen molar-refractivity contribution < 1.29 is 19.4 Å². The first kappa shape index (κ1) is 15.0. The Balaban J connectivity index is 3.34. The number of aliphatic hydroxyl groups is 1. The van der Waals surface area contributed by atoms with Gasteiger partial charge in [-0.1, -0.05) is 13.8 Å². The van der Waals surface area contributed by atoms with Crippen molar-refractivity contribution in [3.63, 3.8) is 0 Å². The summed E-state index contributed by atoms with van der Waals surface area (Å²) in [6.45, 7) is 4.06. The van der Waals surface area contributed by atoms with Crippen LogP contribution in [0.4, 0.5) is 0 Å². The minimum Gasteiger partial charge on any atom is -0.495 e. The third-order valence-corrected chi connectivity index (χ3v) is 3.27. The smallest absolute Gasteiger partial charge is 0.339 e. The fraction of sp³-hybridized carbons (Fsp3) is 0.462. The summed E-state index contributed by atoms with van der Waals surface area (Å²) in [5, 5.41) is 9.96. The number of methoxy groups -OCH3 is 2. The zero-order chi connectivity index (χ0) is 13.9. The Morgan fingerprint density at radius 3 is 2.39 bits per heavy atom. The number of carbonyl (C=O) groups is 1. The largest absolute Gasteiger partial charge is 0.495 e. The fourth-order valence-corrected chi connectivity index (χ4v) is 2.28. The Kier molecular flexibility index (Phi) is 5.16. The highest BCUT2D eigenvalue weighted by Crippen LogP contribution is 2.36. The van der Waals surface area contributed by atoms with Gasteiger partial charge in [-0.05, 0) is 39.5 Å². The van der Waals surface area contributed by atoms with E-state index in [0.29, 0.717) is 15.8 Å². The Labute approximate surface area is 115 Å². The maximum absolute atomic E-state index is 11.4. The van der Waals surface area contributed by atoms with Gasteiger partial charge in [0.2, 0.25) is 0 Å². The molecule has 1 unspecified atom stereocenters. The molecular weight excluding hydrogens is 300 g/mol. The molecule has 0 radical (unpaired) electrons. The van der Waals surface area contributed by atoms with Crippen LogP contribution >= 0.6 is 15.9 Å². The predicted molar refractivity (Wildman–Crippen MR) is 71.8 cm³/mol. The van der Waals surface area contributed by atoms with Gasteiger partial charge in [0.25, 0.3) is 0 Å². The molecule has 0 aliphatic carbocycles. The van der Waals surface area contributed by atoms with Crippen LogP contribution in [0.3, 0.4) is 0 Å². The fourth-order valence-electron chi connectivity index (χ4n) is 1.63. The van der Waals surface area contributed by atoms with Gasteiger partial charge >= 0.3 is 5.97 Å². The molecule has 1 rings (SSSR count). The summed E-state index contributed by atoms with van der Waals surface area (Å²) in [4.78, 5) is 11.4. The van der Waals surface area contributed by atoms with Crippen LogP contribution < -0.4 is 4.74 Å². The maximum atomic E-state index is 11.4. The molecule has 0 heterocycles. The van der Waals surface area contributed by atoms with Crippen molar-refractivity contribution in [3.8, 4) is 5.75 Å². The molecule has 18 heavy (non-hydrogen) atoms.